The Bertz CT molecular complexity index is 504. The highest BCUT2D eigenvalue weighted by atomic mass is 16.5. The zero-order chi connectivity index (χ0) is 14.6. The first-order chi connectivity index (χ1) is 8.97. The van der Waals surface area contributed by atoms with E-state index >= 15 is 0 Å². The summed E-state index contributed by atoms with van der Waals surface area (Å²) in [4.78, 5) is 39.7. The first-order valence-electron chi connectivity index (χ1n) is 5.66. The van der Waals surface area contributed by atoms with Crippen LogP contribution in [0.5, 0.6) is 0 Å². The molecule has 0 atom stereocenters. The summed E-state index contributed by atoms with van der Waals surface area (Å²) in [5.41, 5.74) is -0.890. The van der Waals surface area contributed by atoms with E-state index in [4.69, 9.17) is 5.11 Å². The highest BCUT2D eigenvalue weighted by Crippen LogP contribution is 2.11. The average molecular weight is 269 g/mol. The maximum atomic E-state index is 12.1. The van der Waals surface area contributed by atoms with Crippen molar-refractivity contribution in [3.8, 4) is 0 Å². The molecule has 0 unspecified atom stereocenters. The summed E-state index contributed by atoms with van der Waals surface area (Å²) in [7, 11) is 1.11. The number of nitrogens with zero attached hydrogens (tertiary/aromatic N) is 3. The maximum absolute atomic E-state index is 12.1. The molecule has 1 aromatic rings. The Morgan fingerprint density at radius 1 is 1.37 bits per heavy atom. The molecule has 1 N–H and O–H groups in total. The summed E-state index contributed by atoms with van der Waals surface area (Å²) in [6.45, 7) is 4.36. The molecule has 0 aliphatic carbocycles. The van der Waals surface area contributed by atoms with E-state index in [2.05, 4.69) is 9.72 Å². The molecule has 19 heavy (non-hydrogen) atoms. The summed E-state index contributed by atoms with van der Waals surface area (Å²) in [5, 5.41) is 9.12. The second kappa shape index (κ2) is 5.98. The van der Waals surface area contributed by atoms with Crippen LogP contribution < -0.4 is 0 Å². The fourth-order valence-corrected chi connectivity index (χ4v) is 1.59. The van der Waals surface area contributed by atoms with Crippen LogP contribution >= 0.6 is 0 Å². The number of amides is 1. The number of hydrogen-bond acceptors (Lipinski definition) is 5. The molecule has 0 saturated carbocycles. The van der Waals surface area contributed by atoms with E-state index in [1.807, 2.05) is 0 Å². The Balaban J connectivity index is 3.29. The van der Waals surface area contributed by atoms with Gasteiger partial charge in [-0.2, -0.15) is 0 Å². The summed E-state index contributed by atoms with van der Waals surface area (Å²) >= 11 is 0. The number of carbonyl (C=O) groups is 3. The van der Waals surface area contributed by atoms with Crippen molar-refractivity contribution < 1.29 is 24.2 Å². The van der Waals surface area contributed by atoms with Gasteiger partial charge in [-0.25, -0.2) is 23.9 Å². The first kappa shape index (κ1) is 14.7. The monoisotopic (exact) mass is 269 g/mol. The average Bonchev–Trinajstić information content (AvgIpc) is 2.83. The molecular weight excluding hydrogens is 254 g/mol. The van der Waals surface area contributed by atoms with Crippen LogP contribution in [0.2, 0.25) is 0 Å². The van der Waals surface area contributed by atoms with Gasteiger partial charge in [0.1, 0.15) is 6.33 Å². The number of carboxylic acids is 1. The van der Waals surface area contributed by atoms with Crippen molar-refractivity contribution in [2.75, 3.05) is 20.2 Å². The molecule has 104 valence electrons. The standard InChI is InChI=1S/C11H15N3O5/c1-4-13(5-2)11(18)14-6-12-7(10(17)19-3)8(14)9(15)16/h6H,4-5H2,1-3H3,(H,15,16). The predicted molar refractivity (Wildman–Crippen MR) is 64.2 cm³/mol. The van der Waals surface area contributed by atoms with Crippen LogP contribution in [0.4, 0.5) is 4.79 Å². The number of imidazole rings is 1. The van der Waals surface area contributed by atoms with Crippen LogP contribution in [0.3, 0.4) is 0 Å². The van der Waals surface area contributed by atoms with Gasteiger partial charge in [0.2, 0.25) is 0 Å². The third-order valence-electron chi connectivity index (χ3n) is 2.59. The number of carboxylic acid groups (broad SMARTS) is 1. The lowest BCUT2D eigenvalue weighted by Gasteiger charge is -2.19. The number of hydrogen-bond donors (Lipinski definition) is 1. The number of methoxy groups -OCH3 is 1. The molecule has 1 rings (SSSR count). The zero-order valence-electron chi connectivity index (χ0n) is 10.9. The van der Waals surface area contributed by atoms with Gasteiger partial charge in [-0.3, -0.25) is 0 Å². The molecule has 8 nitrogen and oxygen atoms in total. The number of rotatable bonds is 4. The van der Waals surface area contributed by atoms with Gasteiger partial charge in [0.05, 0.1) is 7.11 Å². The summed E-state index contributed by atoms with van der Waals surface area (Å²) in [6, 6.07) is -0.551. The van der Waals surface area contributed by atoms with Crippen molar-refractivity contribution in [3.05, 3.63) is 17.7 Å². The third kappa shape index (κ3) is 2.72. The van der Waals surface area contributed by atoms with E-state index in [1.54, 1.807) is 13.8 Å². The molecule has 0 saturated heterocycles. The fourth-order valence-electron chi connectivity index (χ4n) is 1.59. The molecule has 8 heteroatoms. The van der Waals surface area contributed by atoms with E-state index in [0.29, 0.717) is 13.1 Å². The Morgan fingerprint density at radius 2 is 1.95 bits per heavy atom. The predicted octanol–water partition coefficient (Wildman–Crippen LogP) is 0.678. The van der Waals surface area contributed by atoms with Crippen molar-refractivity contribution in [1.82, 2.24) is 14.5 Å². The molecule has 0 aromatic carbocycles. The number of aromatic nitrogens is 2. The third-order valence-corrected chi connectivity index (χ3v) is 2.59. The molecular formula is C11H15N3O5. The number of esters is 1. The largest absolute Gasteiger partial charge is 0.476 e. The van der Waals surface area contributed by atoms with Gasteiger partial charge < -0.3 is 14.7 Å². The van der Waals surface area contributed by atoms with Gasteiger partial charge in [-0.05, 0) is 13.8 Å². The summed E-state index contributed by atoms with van der Waals surface area (Å²) in [5.74, 6) is -2.32. The van der Waals surface area contributed by atoms with E-state index < -0.39 is 29.4 Å². The topological polar surface area (TPSA) is 102 Å². The minimum absolute atomic E-state index is 0.393. The molecule has 0 aliphatic rings. The minimum atomic E-state index is -1.42. The molecule has 0 spiro atoms. The number of aromatic carboxylic acids is 1. The molecule has 0 radical (unpaired) electrons. The maximum Gasteiger partial charge on any atom is 0.359 e. The highest BCUT2D eigenvalue weighted by molar-refractivity contribution is 6.02. The SMILES string of the molecule is CCN(CC)C(=O)n1cnc(C(=O)OC)c1C(=O)O. The smallest absolute Gasteiger partial charge is 0.359 e. The van der Waals surface area contributed by atoms with E-state index in [1.165, 1.54) is 4.90 Å². The Kier molecular flexibility index (Phi) is 4.62. The Morgan fingerprint density at radius 3 is 2.37 bits per heavy atom. The normalized spacial score (nSPS) is 10.1. The molecule has 0 bridgehead atoms. The lowest BCUT2D eigenvalue weighted by Crippen LogP contribution is -2.35. The summed E-state index contributed by atoms with van der Waals surface area (Å²) < 4.78 is 5.27. The zero-order valence-corrected chi connectivity index (χ0v) is 10.9. The van der Waals surface area contributed by atoms with Crippen molar-refractivity contribution in [1.29, 1.82) is 0 Å². The highest BCUT2D eigenvalue weighted by Gasteiger charge is 2.28. The van der Waals surface area contributed by atoms with Crippen molar-refractivity contribution in [2.45, 2.75) is 13.8 Å². The van der Waals surface area contributed by atoms with Crippen molar-refractivity contribution >= 4 is 18.0 Å². The van der Waals surface area contributed by atoms with Gasteiger partial charge in [0, 0.05) is 13.1 Å². The van der Waals surface area contributed by atoms with Crippen LogP contribution in [0, 0.1) is 0 Å². The quantitative estimate of drug-likeness (QED) is 0.806. The van der Waals surface area contributed by atoms with Crippen LogP contribution in [-0.4, -0.2) is 57.7 Å². The minimum Gasteiger partial charge on any atom is -0.476 e. The lowest BCUT2D eigenvalue weighted by molar-refractivity contribution is 0.0574. The van der Waals surface area contributed by atoms with E-state index in [-0.39, 0.29) is 0 Å². The van der Waals surface area contributed by atoms with Gasteiger partial charge in [-0.15, -0.1) is 0 Å². The van der Waals surface area contributed by atoms with Gasteiger partial charge >= 0.3 is 18.0 Å². The van der Waals surface area contributed by atoms with E-state index in [0.717, 1.165) is 18.0 Å². The molecule has 1 aromatic heterocycles. The number of carbonyl (C=O) groups excluding carboxylic acids is 2. The molecule has 1 heterocycles. The summed E-state index contributed by atoms with van der Waals surface area (Å²) in [6.07, 6.45) is 1.01. The Hall–Kier alpha value is -2.38. The first-order valence-corrected chi connectivity index (χ1v) is 5.66. The van der Waals surface area contributed by atoms with E-state index in [9.17, 15) is 14.4 Å². The number of ether oxygens (including phenoxy) is 1. The Labute approximate surface area is 109 Å². The van der Waals surface area contributed by atoms with Gasteiger partial charge in [0.15, 0.2) is 11.4 Å². The van der Waals surface area contributed by atoms with Crippen LogP contribution in [0.1, 0.15) is 34.8 Å². The second-order valence-corrected chi connectivity index (χ2v) is 3.56. The van der Waals surface area contributed by atoms with Crippen molar-refractivity contribution in [2.24, 2.45) is 0 Å². The van der Waals surface area contributed by atoms with Crippen LogP contribution in [-0.2, 0) is 4.74 Å². The molecule has 0 aliphatic heterocycles. The van der Waals surface area contributed by atoms with Gasteiger partial charge in [-0.1, -0.05) is 0 Å². The van der Waals surface area contributed by atoms with Crippen LogP contribution in [0.15, 0.2) is 6.33 Å². The fraction of sp³-hybridized carbons (Fsp3) is 0.455. The molecule has 1 amide bonds. The lowest BCUT2D eigenvalue weighted by atomic mass is 10.3. The second-order valence-electron chi connectivity index (χ2n) is 3.56. The van der Waals surface area contributed by atoms with Crippen LogP contribution in [0.25, 0.3) is 0 Å². The van der Waals surface area contributed by atoms with Crippen molar-refractivity contribution in [3.63, 3.8) is 0 Å². The molecule has 0 fully saturated rings. The van der Waals surface area contributed by atoms with Gasteiger partial charge in [0.25, 0.3) is 0 Å².